The van der Waals surface area contributed by atoms with Crippen LogP contribution in [0.25, 0.3) is 0 Å². The fourth-order valence-electron chi connectivity index (χ4n) is 1.40. The van der Waals surface area contributed by atoms with E-state index in [0.29, 0.717) is 0 Å². The highest BCUT2D eigenvalue weighted by Crippen LogP contribution is 2.27. The molecule has 0 aliphatic heterocycles. The van der Waals surface area contributed by atoms with Gasteiger partial charge in [0.05, 0.1) is 0 Å². The molecule has 0 spiro atoms. The van der Waals surface area contributed by atoms with Crippen LogP contribution >= 0.6 is 8.35 Å². The van der Waals surface area contributed by atoms with E-state index < -0.39 is 16.5 Å². The van der Waals surface area contributed by atoms with E-state index in [0.717, 1.165) is 14.4 Å². The maximum atomic E-state index is 12.2. The Balaban J connectivity index is 4.69. The highest BCUT2D eigenvalue weighted by molar-refractivity contribution is 7.42. The summed E-state index contributed by atoms with van der Waals surface area (Å²) in [6, 6.07) is 0.760. The number of hydrogen-bond acceptors (Lipinski definition) is 1. The quantitative estimate of drug-likeness (QED) is 0.522. The van der Waals surface area contributed by atoms with Crippen LogP contribution < -0.4 is 0 Å². The average Bonchev–Trinajstić information content (AvgIpc) is 1.77. The second-order valence-corrected chi connectivity index (χ2v) is 16.5. The summed E-state index contributed by atoms with van der Waals surface area (Å²) in [4.78, 5) is 0. The topological polar surface area (TPSA) is 3.24 Å². The molecule has 0 saturated heterocycles. The summed E-state index contributed by atoms with van der Waals surface area (Å²) in [5.41, 5.74) is 0. The molecule has 1 nitrogen and oxygen atoms in total. The second kappa shape index (κ2) is 4.14. The molecule has 0 fully saturated rings. The molecule has 12 heavy (non-hydrogen) atoms. The maximum absolute atomic E-state index is 12.2. The van der Waals surface area contributed by atoms with Crippen LogP contribution in [-0.2, 0) is 0 Å². The third-order valence-corrected chi connectivity index (χ3v) is 12.6. The third-order valence-electron chi connectivity index (χ3n) is 1.43. The van der Waals surface area contributed by atoms with E-state index in [1.165, 1.54) is 0 Å². The van der Waals surface area contributed by atoms with Gasteiger partial charge in [-0.1, -0.05) is 39.3 Å². The van der Waals surface area contributed by atoms with Crippen molar-refractivity contribution in [3.05, 3.63) is 0 Å². The second-order valence-electron chi connectivity index (χ2n) is 4.87. The molecule has 0 aliphatic carbocycles. The van der Waals surface area contributed by atoms with Crippen molar-refractivity contribution in [3.63, 3.8) is 0 Å². The molecule has 5 heteroatoms. The summed E-state index contributed by atoms with van der Waals surface area (Å²) in [6.07, 6.45) is 0. The Bertz CT molecular complexity index is 157. The zero-order valence-corrected chi connectivity index (χ0v) is 11.7. The minimum atomic E-state index is -1.33. The Hall–Kier alpha value is 0.494. The molecule has 0 rings (SSSR count). The molecule has 0 bridgehead atoms. The van der Waals surface area contributed by atoms with Crippen molar-refractivity contribution in [2.75, 3.05) is 0 Å². The van der Waals surface area contributed by atoms with Crippen LogP contribution in [0.5, 0.6) is 0 Å². The molecular weight excluding hydrogens is 204 g/mol. The highest BCUT2D eigenvalue weighted by atomic mass is 31.1. The van der Waals surface area contributed by atoms with Gasteiger partial charge in [0.2, 0.25) is 0 Å². The van der Waals surface area contributed by atoms with Crippen molar-refractivity contribution < 1.29 is 4.39 Å². The summed E-state index contributed by atoms with van der Waals surface area (Å²) >= 11 is 0. The van der Waals surface area contributed by atoms with Crippen LogP contribution in [-0.4, -0.2) is 26.5 Å². The van der Waals surface area contributed by atoms with Crippen LogP contribution in [0.3, 0.4) is 0 Å². The first-order chi connectivity index (χ1) is 5.19. The van der Waals surface area contributed by atoms with E-state index in [-0.39, 0.29) is 0 Å². The zero-order valence-electron chi connectivity index (χ0n) is 8.85. The Morgan fingerprint density at radius 1 is 1.00 bits per heavy atom. The van der Waals surface area contributed by atoms with Crippen molar-refractivity contribution in [3.8, 4) is 0 Å². The summed E-state index contributed by atoms with van der Waals surface area (Å²) in [6.45, 7) is 13.6. The fraction of sp³-hybridized carbons (Fsp3) is 0.857. The molecule has 0 aromatic carbocycles. The van der Waals surface area contributed by atoms with Crippen molar-refractivity contribution in [2.45, 2.75) is 39.3 Å². The SMILES string of the molecule is C[Si](C)(C)N(P=CF)[Si](C)(C)C. The maximum Gasteiger partial charge on any atom is 0.124 e. The molecule has 0 aliphatic rings. The molecule has 0 aromatic rings. The van der Waals surface area contributed by atoms with Gasteiger partial charge in [-0.3, -0.25) is 4.00 Å². The highest BCUT2D eigenvalue weighted by Gasteiger charge is 2.33. The predicted octanol–water partition coefficient (Wildman–Crippen LogP) is 3.55. The molecule has 0 N–H and O–H groups in total. The van der Waals surface area contributed by atoms with E-state index in [2.05, 4.69) is 43.3 Å². The fourth-order valence-corrected chi connectivity index (χ4v) is 12.6. The van der Waals surface area contributed by atoms with Gasteiger partial charge in [-0.2, -0.15) is 0 Å². The minimum Gasteiger partial charge on any atom is -0.298 e. The van der Waals surface area contributed by atoms with E-state index in [1.54, 1.807) is 0 Å². The van der Waals surface area contributed by atoms with E-state index >= 15 is 0 Å². The molecular formula is C7H19FNPSi2. The Morgan fingerprint density at radius 3 is 1.42 bits per heavy atom. The number of rotatable bonds is 3. The van der Waals surface area contributed by atoms with Crippen molar-refractivity contribution in [1.29, 1.82) is 0 Å². The summed E-state index contributed by atoms with van der Waals surface area (Å²) in [5.74, 6) is 0. The lowest BCUT2D eigenvalue weighted by atomic mass is 11.8. The van der Waals surface area contributed by atoms with E-state index in [9.17, 15) is 4.39 Å². The molecule has 0 heterocycles. The lowest BCUT2D eigenvalue weighted by Crippen LogP contribution is -2.53. The first-order valence-corrected chi connectivity index (χ1v) is 11.9. The van der Waals surface area contributed by atoms with Gasteiger partial charge in [0.25, 0.3) is 0 Å². The van der Waals surface area contributed by atoms with Gasteiger partial charge in [0.1, 0.15) is 22.5 Å². The average molecular weight is 223 g/mol. The van der Waals surface area contributed by atoms with Gasteiger partial charge < -0.3 is 0 Å². The summed E-state index contributed by atoms with van der Waals surface area (Å²) in [5, 5.41) is 0. The predicted molar refractivity (Wildman–Crippen MR) is 62.6 cm³/mol. The molecule has 0 saturated carbocycles. The molecule has 0 radical (unpaired) electrons. The normalized spacial score (nSPS) is 14.7. The monoisotopic (exact) mass is 223 g/mol. The van der Waals surface area contributed by atoms with Gasteiger partial charge in [0.15, 0.2) is 0 Å². The molecule has 0 amide bonds. The zero-order chi connectivity index (χ0) is 9.99. The molecule has 0 unspecified atom stereocenters. The van der Waals surface area contributed by atoms with Gasteiger partial charge in [0, 0.05) is 0 Å². The number of halogens is 1. The van der Waals surface area contributed by atoms with Crippen molar-refractivity contribution >= 4 is 30.9 Å². The van der Waals surface area contributed by atoms with Crippen LogP contribution in [0.1, 0.15) is 0 Å². The number of nitrogens with zero attached hydrogens (tertiary/aromatic N) is 1. The largest absolute Gasteiger partial charge is 0.298 e. The molecule has 72 valence electrons. The van der Waals surface area contributed by atoms with Gasteiger partial charge in [-0.05, 0) is 8.35 Å². The summed E-state index contributed by atoms with van der Waals surface area (Å²) < 4.78 is 14.5. The number of hydrogen-bond donors (Lipinski definition) is 0. The van der Waals surface area contributed by atoms with E-state index in [1.807, 2.05) is 0 Å². The van der Waals surface area contributed by atoms with Gasteiger partial charge in [-0.15, -0.1) is 0 Å². The van der Waals surface area contributed by atoms with Crippen LogP contribution in [0, 0.1) is 0 Å². The van der Waals surface area contributed by atoms with Crippen LogP contribution in [0.2, 0.25) is 39.3 Å². The van der Waals surface area contributed by atoms with Gasteiger partial charge in [-0.25, -0.2) is 4.39 Å². The minimum absolute atomic E-state index is 0.760. The lowest BCUT2D eigenvalue weighted by molar-refractivity contribution is 0.858. The standard InChI is InChI=1S/C7H19FNPSi2/c1-11(2,3)9(10-7-8)12(4,5)6/h7H,1-6H3. The lowest BCUT2D eigenvalue weighted by Gasteiger charge is -2.39. The Kier molecular flexibility index (Phi) is 4.31. The molecule has 0 aromatic heterocycles. The van der Waals surface area contributed by atoms with Crippen molar-refractivity contribution in [1.82, 2.24) is 4.00 Å². The first-order valence-electron chi connectivity index (χ1n) is 4.12. The van der Waals surface area contributed by atoms with E-state index in [4.69, 9.17) is 0 Å². The Morgan fingerprint density at radius 2 is 1.33 bits per heavy atom. The first kappa shape index (κ1) is 12.5. The molecule has 0 atom stereocenters. The van der Waals surface area contributed by atoms with Crippen LogP contribution in [0.15, 0.2) is 0 Å². The van der Waals surface area contributed by atoms with Crippen LogP contribution in [0.4, 0.5) is 4.39 Å². The Labute approximate surface area is 79.0 Å². The summed E-state index contributed by atoms with van der Waals surface area (Å²) in [7, 11) is -1.90. The third kappa shape index (κ3) is 3.94. The van der Waals surface area contributed by atoms with Crippen molar-refractivity contribution in [2.24, 2.45) is 0 Å². The van der Waals surface area contributed by atoms with Gasteiger partial charge >= 0.3 is 0 Å². The smallest absolute Gasteiger partial charge is 0.124 e.